The van der Waals surface area contributed by atoms with E-state index in [1.807, 2.05) is 0 Å². The summed E-state index contributed by atoms with van der Waals surface area (Å²) in [5.41, 5.74) is 0.111. The van der Waals surface area contributed by atoms with Crippen molar-refractivity contribution in [1.82, 2.24) is 0 Å². The normalized spacial score (nSPS) is 16.0. The molecule has 0 heterocycles. The quantitative estimate of drug-likeness (QED) is 0.669. The molecule has 1 fully saturated rings. The fourth-order valence-corrected chi connectivity index (χ4v) is 1.72. The zero-order valence-corrected chi connectivity index (χ0v) is 12.2. The Morgan fingerprint density at radius 2 is 1.80 bits per heavy atom. The summed E-state index contributed by atoms with van der Waals surface area (Å²) in [5, 5.41) is -0.193. The van der Waals surface area contributed by atoms with E-state index in [1.54, 1.807) is 6.07 Å². The molecular formula is C9H8BClF3K. The van der Waals surface area contributed by atoms with Gasteiger partial charge in [0.25, 0.3) is 0 Å². The molecule has 0 N–H and O–H groups in total. The van der Waals surface area contributed by atoms with Crippen LogP contribution in [0.2, 0.25) is 5.02 Å². The van der Waals surface area contributed by atoms with Crippen LogP contribution in [0, 0.1) is 0 Å². The van der Waals surface area contributed by atoms with Gasteiger partial charge in [-0.2, -0.15) is 0 Å². The summed E-state index contributed by atoms with van der Waals surface area (Å²) in [5.74, 6) is 0.323. The van der Waals surface area contributed by atoms with E-state index < -0.39 is 12.4 Å². The van der Waals surface area contributed by atoms with Crippen LogP contribution >= 0.6 is 11.6 Å². The molecule has 1 aliphatic rings. The van der Waals surface area contributed by atoms with Gasteiger partial charge in [0.2, 0.25) is 0 Å². The van der Waals surface area contributed by atoms with Crippen molar-refractivity contribution in [2.45, 2.75) is 18.8 Å². The van der Waals surface area contributed by atoms with Crippen molar-refractivity contribution in [1.29, 1.82) is 0 Å². The third-order valence-corrected chi connectivity index (χ3v) is 2.77. The van der Waals surface area contributed by atoms with E-state index in [9.17, 15) is 12.9 Å². The first-order valence-corrected chi connectivity index (χ1v) is 4.85. The molecule has 0 saturated heterocycles. The average Bonchev–Trinajstić information content (AvgIpc) is 2.85. The molecule has 0 amide bonds. The van der Waals surface area contributed by atoms with Crippen molar-refractivity contribution in [3.05, 3.63) is 28.8 Å². The molecule has 1 aromatic rings. The van der Waals surface area contributed by atoms with Gasteiger partial charge < -0.3 is 12.9 Å². The summed E-state index contributed by atoms with van der Waals surface area (Å²) < 4.78 is 37.5. The van der Waals surface area contributed by atoms with E-state index in [1.165, 1.54) is 12.1 Å². The molecule has 0 nitrogen and oxygen atoms in total. The second-order valence-electron chi connectivity index (χ2n) is 3.63. The topological polar surface area (TPSA) is 0 Å². The first-order valence-electron chi connectivity index (χ1n) is 4.48. The Hall–Kier alpha value is 1.00. The van der Waals surface area contributed by atoms with Crippen molar-refractivity contribution >= 4 is 24.0 Å². The SMILES string of the molecule is F[B-](F)(F)c1cc(C2CC2)ccc1Cl.[K+]. The van der Waals surface area contributed by atoms with Gasteiger partial charge in [0.15, 0.2) is 0 Å². The predicted octanol–water partition coefficient (Wildman–Crippen LogP) is 0.276. The smallest absolute Gasteiger partial charge is 0.445 e. The van der Waals surface area contributed by atoms with E-state index in [0.717, 1.165) is 18.4 Å². The fourth-order valence-electron chi connectivity index (χ4n) is 1.48. The molecule has 15 heavy (non-hydrogen) atoms. The van der Waals surface area contributed by atoms with Crippen LogP contribution in [0.3, 0.4) is 0 Å². The molecule has 0 radical (unpaired) electrons. The average molecular weight is 259 g/mol. The van der Waals surface area contributed by atoms with Crippen molar-refractivity contribution in [2.75, 3.05) is 0 Å². The van der Waals surface area contributed by atoms with E-state index in [0.29, 0.717) is 5.92 Å². The van der Waals surface area contributed by atoms with Gasteiger partial charge in [0.1, 0.15) is 0 Å². The molecule has 0 unspecified atom stereocenters. The maximum Gasteiger partial charge on any atom is 1.00 e. The molecule has 0 spiro atoms. The third kappa shape index (κ3) is 3.48. The fraction of sp³-hybridized carbons (Fsp3) is 0.333. The molecular weight excluding hydrogens is 250 g/mol. The molecule has 0 aliphatic heterocycles. The molecule has 0 bridgehead atoms. The molecule has 0 aromatic heterocycles. The minimum atomic E-state index is -4.98. The van der Waals surface area contributed by atoms with Gasteiger partial charge in [-0.3, -0.25) is 0 Å². The van der Waals surface area contributed by atoms with E-state index in [4.69, 9.17) is 11.6 Å². The van der Waals surface area contributed by atoms with Gasteiger partial charge in [0, 0.05) is 5.02 Å². The third-order valence-electron chi connectivity index (χ3n) is 2.42. The van der Waals surface area contributed by atoms with Crippen LogP contribution in [0.5, 0.6) is 0 Å². The van der Waals surface area contributed by atoms with Crippen LogP contribution in [0.15, 0.2) is 18.2 Å². The van der Waals surface area contributed by atoms with Gasteiger partial charge in [-0.05, 0) is 30.4 Å². The zero-order valence-electron chi connectivity index (χ0n) is 8.31. The maximum atomic E-state index is 12.5. The molecule has 2 rings (SSSR count). The number of hydrogen-bond acceptors (Lipinski definition) is 0. The van der Waals surface area contributed by atoms with Crippen LogP contribution in [0.1, 0.15) is 24.3 Å². The molecule has 1 aliphatic carbocycles. The minimum Gasteiger partial charge on any atom is -0.445 e. The Bertz CT molecular complexity index is 363. The standard InChI is InChI=1S/C9H8BClF3.K/c11-9-4-3-7(6-1-2-6)5-8(9)10(12,13)14;/h3-6H,1-2H2;/q-1;+1. The molecule has 6 heteroatoms. The maximum absolute atomic E-state index is 12.5. The number of benzene rings is 1. The first kappa shape index (κ1) is 14.1. The van der Waals surface area contributed by atoms with Crippen molar-refractivity contribution < 1.29 is 64.3 Å². The van der Waals surface area contributed by atoms with Gasteiger partial charge in [-0.1, -0.05) is 29.2 Å². The van der Waals surface area contributed by atoms with E-state index in [2.05, 4.69) is 0 Å². The van der Waals surface area contributed by atoms with Gasteiger partial charge in [-0.25, -0.2) is 0 Å². The molecule has 0 atom stereocenters. The minimum absolute atomic E-state index is 0. The first-order chi connectivity index (χ1) is 6.48. The summed E-state index contributed by atoms with van der Waals surface area (Å²) in [7, 11) is 0. The summed E-state index contributed by atoms with van der Waals surface area (Å²) >= 11 is 5.50. The Kier molecular flexibility index (Phi) is 4.79. The summed E-state index contributed by atoms with van der Waals surface area (Å²) in [6.45, 7) is -4.98. The number of halogens is 4. The van der Waals surface area contributed by atoms with Crippen molar-refractivity contribution in [3.63, 3.8) is 0 Å². The van der Waals surface area contributed by atoms with E-state index >= 15 is 0 Å². The summed E-state index contributed by atoms with van der Waals surface area (Å²) in [6.07, 6.45) is 1.98. The predicted molar refractivity (Wildman–Crippen MR) is 52.1 cm³/mol. The largest absolute Gasteiger partial charge is 1.00 e. The number of hydrogen-bond donors (Lipinski definition) is 0. The van der Waals surface area contributed by atoms with E-state index in [-0.39, 0.29) is 56.4 Å². The van der Waals surface area contributed by atoms with Crippen LogP contribution < -0.4 is 56.8 Å². The Balaban J connectivity index is 0.00000112. The Morgan fingerprint density at radius 3 is 2.27 bits per heavy atom. The summed E-state index contributed by atoms with van der Waals surface area (Å²) in [4.78, 5) is 0. The molecule has 76 valence electrons. The second kappa shape index (κ2) is 5.11. The Labute approximate surface area is 134 Å². The van der Waals surface area contributed by atoms with Gasteiger partial charge in [-0.15, -0.1) is 0 Å². The van der Waals surface area contributed by atoms with Crippen LogP contribution in [0.25, 0.3) is 0 Å². The monoisotopic (exact) mass is 258 g/mol. The molecule has 1 aromatic carbocycles. The summed E-state index contributed by atoms with van der Waals surface area (Å²) in [6, 6.07) is 4.23. The van der Waals surface area contributed by atoms with Crippen LogP contribution in [0.4, 0.5) is 12.9 Å². The zero-order chi connectivity index (χ0) is 10.3. The van der Waals surface area contributed by atoms with Crippen molar-refractivity contribution in [3.8, 4) is 0 Å². The van der Waals surface area contributed by atoms with Gasteiger partial charge in [0.05, 0.1) is 0 Å². The number of rotatable bonds is 2. The van der Waals surface area contributed by atoms with Crippen LogP contribution in [-0.2, 0) is 0 Å². The Morgan fingerprint density at radius 1 is 1.20 bits per heavy atom. The second-order valence-corrected chi connectivity index (χ2v) is 4.04. The van der Waals surface area contributed by atoms with Crippen LogP contribution in [-0.4, -0.2) is 6.98 Å². The molecule has 1 saturated carbocycles. The van der Waals surface area contributed by atoms with Crippen molar-refractivity contribution in [2.24, 2.45) is 0 Å². The van der Waals surface area contributed by atoms with Gasteiger partial charge >= 0.3 is 58.4 Å².